The van der Waals surface area contributed by atoms with Crippen LogP contribution in [0.2, 0.25) is 0 Å². The smallest absolute Gasteiger partial charge is 0.315 e. The van der Waals surface area contributed by atoms with Crippen LogP contribution >= 0.6 is 11.8 Å². The second-order valence-electron chi connectivity index (χ2n) is 11.0. The average molecular weight is 638 g/mol. The van der Waals surface area contributed by atoms with Crippen molar-refractivity contribution in [2.45, 2.75) is 94.5 Å². The number of ether oxygens (including phenoxy) is 2. The molecule has 0 bridgehead atoms. The van der Waals surface area contributed by atoms with Crippen LogP contribution in [0.1, 0.15) is 82.7 Å². The van der Waals surface area contributed by atoms with E-state index in [0.29, 0.717) is 24.6 Å². The molecule has 1 aromatic carbocycles. The van der Waals surface area contributed by atoms with E-state index < -0.39 is 16.9 Å². The first-order valence-electron chi connectivity index (χ1n) is 15.0. The molecule has 14 nitrogen and oxygen atoms in total. The Balaban J connectivity index is 1.30. The Hall–Kier alpha value is -3.75. The van der Waals surface area contributed by atoms with Crippen LogP contribution in [0.5, 0.6) is 11.5 Å². The highest BCUT2D eigenvalue weighted by Gasteiger charge is 2.42. The highest BCUT2D eigenvalue weighted by Crippen LogP contribution is 2.38. The topological polar surface area (TPSA) is 198 Å². The van der Waals surface area contributed by atoms with Crippen LogP contribution in [-0.4, -0.2) is 77.2 Å². The number of carbonyl (C=O) groups excluding carboxylic acids is 3. The van der Waals surface area contributed by atoms with E-state index in [1.165, 1.54) is 19.2 Å². The summed E-state index contributed by atoms with van der Waals surface area (Å²) in [7, 11) is 1.39. The molecule has 4 atom stereocenters. The lowest BCUT2D eigenvalue weighted by molar-refractivity contribution is -0.385. The normalized spacial score (nSPS) is 19.3. The van der Waals surface area contributed by atoms with E-state index in [4.69, 9.17) is 14.6 Å². The number of nitrogens with one attached hydrogen (secondary N) is 4. The maximum Gasteiger partial charge on any atom is 0.315 e. The van der Waals surface area contributed by atoms with Gasteiger partial charge in [0.25, 0.3) is 5.69 Å². The molecule has 4 amide bonds. The third-order valence-corrected chi connectivity index (χ3v) is 9.14. The Kier molecular flexibility index (Phi) is 13.8. The van der Waals surface area contributed by atoms with Gasteiger partial charge in [-0.25, -0.2) is 4.79 Å². The summed E-state index contributed by atoms with van der Waals surface area (Å²) in [4.78, 5) is 58.1. The number of urea groups is 1. The summed E-state index contributed by atoms with van der Waals surface area (Å²) < 4.78 is 10.8. The maximum atomic E-state index is 12.5. The zero-order valence-corrected chi connectivity index (χ0v) is 26.0. The minimum atomic E-state index is -0.964. The van der Waals surface area contributed by atoms with Gasteiger partial charge >= 0.3 is 12.0 Å². The number of carboxylic acid groups (broad SMARTS) is 1. The van der Waals surface area contributed by atoms with Gasteiger partial charge in [-0.2, -0.15) is 11.8 Å². The number of carboxylic acids is 1. The molecule has 3 rings (SSSR count). The maximum absolute atomic E-state index is 12.5. The molecule has 1 unspecified atom stereocenters. The Morgan fingerprint density at radius 3 is 2.55 bits per heavy atom. The lowest BCUT2D eigenvalue weighted by Crippen LogP contribution is -2.36. The number of rotatable bonds is 20. The predicted octanol–water partition coefficient (Wildman–Crippen LogP) is 3.43. The van der Waals surface area contributed by atoms with Crippen molar-refractivity contribution in [2.75, 3.05) is 26.0 Å². The number of thioether (sulfide) groups is 1. The Bertz CT molecular complexity index is 1180. The minimum Gasteiger partial charge on any atom is -0.493 e. The largest absolute Gasteiger partial charge is 0.493 e. The van der Waals surface area contributed by atoms with Crippen molar-refractivity contribution in [3.05, 3.63) is 27.8 Å². The second kappa shape index (κ2) is 17.5. The SMILES string of the molecule is COc1cc(C(C)NC(=O)CCCCCNC(=O)CCCC[C@H]2SC[C@H]3NC(=O)N[C@H]32)c([N+](=O)[O-])cc1OCCCC(=O)O. The average Bonchev–Trinajstić information content (AvgIpc) is 3.53. The fourth-order valence-corrected chi connectivity index (χ4v) is 6.86. The first-order valence-corrected chi connectivity index (χ1v) is 16.1. The van der Waals surface area contributed by atoms with Crippen LogP contribution in [0.3, 0.4) is 0 Å². The van der Waals surface area contributed by atoms with Gasteiger partial charge in [0.05, 0.1) is 48.4 Å². The van der Waals surface area contributed by atoms with Crippen molar-refractivity contribution in [2.24, 2.45) is 0 Å². The van der Waals surface area contributed by atoms with Crippen LogP contribution < -0.4 is 30.7 Å². The molecule has 2 aliphatic heterocycles. The molecule has 1 aromatic rings. The minimum absolute atomic E-state index is 0.0121. The number of unbranched alkanes of at least 4 members (excludes halogenated alkanes) is 3. The van der Waals surface area contributed by atoms with Crippen LogP contribution in [0.15, 0.2) is 12.1 Å². The number of aliphatic carboxylic acids is 1. The Morgan fingerprint density at radius 1 is 1.07 bits per heavy atom. The molecule has 2 saturated heterocycles. The summed E-state index contributed by atoms with van der Waals surface area (Å²) in [6, 6.07) is 2.32. The molecular formula is C29H43N5O9S. The lowest BCUT2D eigenvalue weighted by Gasteiger charge is -2.17. The molecule has 15 heteroatoms. The van der Waals surface area contributed by atoms with Crippen LogP contribution in [0.25, 0.3) is 0 Å². The molecule has 44 heavy (non-hydrogen) atoms. The molecule has 5 N–H and O–H groups in total. The third-order valence-electron chi connectivity index (χ3n) is 7.63. The van der Waals surface area contributed by atoms with Gasteiger partial charge < -0.3 is 35.8 Å². The molecule has 2 heterocycles. The Morgan fingerprint density at radius 2 is 1.82 bits per heavy atom. The summed E-state index contributed by atoms with van der Waals surface area (Å²) in [5, 5.41) is 32.5. The Labute approximate surface area is 260 Å². The number of hydrogen-bond acceptors (Lipinski definition) is 9. The van der Waals surface area contributed by atoms with E-state index in [-0.39, 0.29) is 78.5 Å². The number of nitrogens with zero attached hydrogens (tertiary/aromatic N) is 1. The molecule has 0 aromatic heterocycles. The van der Waals surface area contributed by atoms with Gasteiger partial charge in [0.2, 0.25) is 11.8 Å². The van der Waals surface area contributed by atoms with Gasteiger partial charge in [-0.3, -0.25) is 24.5 Å². The van der Waals surface area contributed by atoms with E-state index in [0.717, 1.165) is 37.9 Å². The monoisotopic (exact) mass is 637 g/mol. The molecule has 0 radical (unpaired) electrons. The molecule has 0 spiro atoms. The van der Waals surface area contributed by atoms with Crippen LogP contribution in [0, 0.1) is 10.1 Å². The molecule has 2 fully saturated rings. The molecule has 244 valence electrons. The number of carbonyl (C=O) groups is 4. The number of benzene rings is 1. The number of amides is 4. The third kappa shape index (κ3) is 10.8. The zero-order valence-electron chi connectivity index (χ0n) is 25.2. The summed E-state index contributed by atoms with van der Waals surface area (Å²) in [6.07, 6.45) is 5.63. The molecule has 0 saturated carbocycles. The van der Waals surface area contributed by atoms with Gasteiger partial charge in [-0.15, -0.1) is 0 Å². The number of fused-ring (bicyclic) bond motifs is 1. The van der Waals surface area contributed by atoms with E-state index in [2.05, 4.69) is 21.3 Å². The van der Waals surface area contributed by atoms with E-state index in [9.17, 15) is 29.3 Å². The van der Waals surface area contributed by atoms with Crippen LogP contribution in [0.4, 0.5) is 10.5 Å². The van der Waals surface area contributed by atoms with Gasteiger partial charge in [-0.1, -0.05) is 12.8 Å². The summed E-state index contributed by atoms with van der Waals surface area (Å²) in [5.74, 6) is 0.0937. The highest BCUT2D eigenvalue weighted by molar-refractivity contribution is 8.00. The van der Waals surface area contributed by atoms with Gasteiger partial charge in [-0.05, 0) is 45.1 Å². The highest BCUT2D eigenvalue weighted by atomic mass is 32.2. The molecule has 2 aliphatic rings. The molecule has 0 aliphatic carbocycles. The van der Waals surface area contributed by atoms with Crippen molar-refractivity contribution >= 4 is 41.3 Å². The van der Waals surface area contributed by atoms with Crippen molar-refractivity contribution < 1.29 is 38.7 Å². The summed E-state index contributed by atoms with van der Waals surface area (Å²) in [5.41, 5.74) is 0.0163. The zero-order chi connectivity index (χ0) is 32.1. The van der Waals surface area contributed by atoms with E-state index >= 15 is 0 Å². The number of nitro benzene ring substituents is 1. The first-order chi connectivity index (χ1) is 21.1. The predicted molar refractivity (Wildman–Crippen MR) is 164 cm³/mol. The van der Waals surface area contributed by atoms with E-state index in [1.54, 1.807) is 6.92 Å². The van der Waals surface area contributed by atoms with Crippen molar-refractivity contribution in [3.63, 3.8) is 0 Å². The van der Waals surface area contributed by atoms with Crippen molar-refractivity contribution in [3.8, 4) is 11.5 Å². The van der Waals surface area contributed by atoms with Crippen molar-refractivity contribution in [1.82, 2.24) is 21.3 Å². The standard InChI is InChI=1S/C29H43N5O9S/c1-18(19-15-22(42-2)23(16-21(19)34(40)41)43-14-8-12-27(37)38)31-26(36)11-4-3-7-13-30-25(35)10-6-5-9-24-28-20(17-44-24)32-29(39)33-28/h15-16,18,20,24,28H,3-14,17H2,1-2H3,(H,30,35)(H,31,36)(H,37,38)(H2,32,33,39)/t18?,20-,24-,28-/m1/s1. The number of hydrogen-bond donors (Lipinski definition) is 5. The first kappa shape index (κ1) is 34.7. The van der Waals surface area contributed by atoms with Gasteiger partial charge in [0, 0.05) is 36.8 Å². The number of methoxy groups -OCH3 is 1. The second-order valence-corrected chi connectivity index (χ2v) is 12.3. The van der Waals surface area contributed by atoms with Crippen molar-refractivity contribution in [1.29, 1.82) is 0 Å². The fraction of sp³-hybridized carbons (Fsp3) is 0.655. The fourth-order valence-electron chi connectivity index (χ4n) is 5.32. The van der Waals surface area contributed by atoms with E-state index in [1.807, 2.05) is 11.8 Å². The summed E-state index contributed by atoms with van der Waals surface area (Å²) >= 11 is 1.87. The van der Waals surface area contributed by atoms with Gasteiger partial charge in [0.1, 0.15) is 0 Å². The molecular weight excluding hydrogens is 594 g/mol. The quantitative estimate of drug-likeness (QED) is 0.0611. The van der Waals surface area contributed by atoms with Gasteiger partial charge in [0.15, 0.2) is 11.5 Å². The summed E-state index contributed by atoms with van der Waals surface area (Å²) in [6.45, 7) is 2.24. The van der Waals surface area contributed by atoms with Crippen LogP contribution in [-0.2, 0) is 14.4 Å². The lowest BCUT2D eigenvalue weighted by atomic mass is 10.0. The number of nitro groups is 1.